The highest BCUT2D eigenvalue weighted by Gasteiger charge is 2.22. The fourth-order valence-electron chi connectivity index (χ4n) is 2.82. The van der Waals surface area contributed by atoms with Crippen molar-refractivity contribution >= 4 is 16.8 Å². The number of hydrogen-bond donors (Lipinski definition) is 1. The Kier molecular flexibility index (Phi) is 3.38. The number of carbonyl (C=O) groups is 1. The van der Waals surface area contributed by atoms with Gasteiger partial charge in [0, 0.05) is 17.8 Å². The fraction of sp³-hybridized carbons (Fsp3) is 0.438. The van der Waals surface area contributed by atoms with Crippen LogP contribution in [0.25, 0.3) is 11.0 Å². The lowest BCUT2D eigenvalue weighted by Crippen LogP contribution is -2.38. The molecule has 1 N–H and O–H groups in total. The van der Waals surface area contributed by atoms with Crippen LogP contribution in [-0.4, -0.2) is 18.4 Å². The summed E-state index contributed by atoms with van der Waals surface area (Å²) in [4.78, 5) is 12.3. The van der Waals surface area contributed by atoms with Crippen LogP contribution in [0.2, 0.25) is 0 Å². The molecular weight excluding hydrogens is 238 g/mol. The van der Waals surface area contributed by atoms with Crippen LogP contribution < -0.4 is 5.32 Å². The molecule has 1 aliphatic heterocycles. The first-order valence-electron chi connectivity index (χ1n) is 6.97. The second-order valence-electron chi connectivity index (χ2n) is 5.56. The van der Waals surface area contributed by atoms with Crippen molar-refractivity contribution < 1.29 is 9.21 Å². The summed E-state index contributed by atoms with van der Waals surface area (Å²) in [6.45, 7) is 3.26. The maximum Gasteiger partial charge on any atom is 0.199 e. The number of para-hydroxylation sites is 1. The molecule has 3 heteroatoms. The predicted octanol–water partition coefficient (Wildman–Crippen LogP) is 3.39. The molecule has 100 valence electrons. The van der Waals surface area contributed by atoms with Crippen LogP contribution >= 0.6 is 0 Å². The maximum atomic E-state index is 12.3. The summed E-state index contributed by atoms with van der Waals surface area (Å²) in [6.07, 6.45) is 2.81. The van der Waals surface area contributed by atoms with Crippen LogP contribution in [0.4, 0.5) is 0 Å². The molecule has 3 nitrogen and oxygen atoms in total. The number of rotatable bonds is 3. The SMILES string of the molecule is CC1CCNC(CC(=O)c2cc3ccccc3o2)C1. The average Bonchev–Trinajstić information content (AvgIpc) is 2.82. The minimum Gasteiger partial charge on any atom is -0.453 e. The lowest BCUT2D eigenvalue weighted by atomic mass is 9.91. The van der Waals surface area contributed by atoms with Crippen LogP contribution in [0.5, 0.6) is 0 Å². The number of fused-ring (bicyclic) bond motifs is 1. The Hall–Kier alpha value is -1.61. The molecule has 1 saturated heterocycles. The highest BCUT2D eigenvalue weighted by molar-refractivity contribution is 5.97. The molecule has 0 saturated carbocycles. The Balaban J connectivity index is 1.72. The number of hydrogen-bond acceptors (Lipinski definition) is 3. The van der Waals surface area contributed by atoms with E-state index in [2.05, 4.69) is 12.2 Å². The Morgan fingerprint density at radius 2 is 2.26 bits per heavy atom. The largest absolute Gasteiger partial charge is 0.453 e. The third kappa shape index (κ3) is 2.71. The zero-order valence-corrected chi connectivity index (χ0v) is 11.2. The molecule has 1 aliphatic rings. The van der Waals surface area contributed by atoms with Gasteiger partial charge < -0.3 is 9.73 Å². The molecule has 0 radical (unpaired) electrons. The van der Waals surface area contributed by atoms with Crippen LogP contribution in [0.15, 0.2) is 34.7 Å². The summed E-state index contributed by atoms with van der Waals surface area (Å²) in [5, 5.41) is 4.42. The molecule has 0 aliphatic carbocycles. The monoisotopic (exact) mass is 257 g/mol. The van der Waals surface area contributed by atoms with Crippen LogP contribution in [0.3, 0.4) is 0 Å². The van der Waals surface area contributed by atoms with Crippen LogP contribution in [-0.2, 0) is 0 Å². The van der Waals surface area contributed by atoms with E-state index in [0.29, 0.717) is 24.1 Å². The summed E-state index contributed by atoms with van der Waals surface area (Å²) < 4.78 is 5.62. The average molecular weight is 257 g/mol. The molecule has 1 aromatic heterocycles. The third-order valence-electron chi connectivity index (χ3n) is 3.89. The van der Waals surface area contributed by atoms with Crippen molar-refractivity contribution in [3.05, 3.63) is 36.1 Å². The number of furan rings is 1. The molecule has 0 bridgehead atoms. The zero-order chi connectivity index (χ0) is 13.2. The van der Waals surface area contributed by atoms with Gasteiger partial charge in [-0.2, -0.15) is 0 Å². The van der Waals surface area contributed by atoms with Crippen LogP contribution in [0.1, 0.15) is 36.7 Å². The molecule has 2 atom stereocenters. The summed E-state index contributed by atoms with van der Waals surface area (Å²) in [5.41, 5.74) is 0.788. The Morgan fingerprint density at radius 3 is 3.05 bits per heavy atom. The normalized spacial score (nSPS) is 23.6. The smallest absolute Gasteiger partial charge is 0.199 e. The summed E-state index contributed by atoms with van der Waals surface area (Å²) in [7, 11) is 0. The quantitative estimate of drug-likeness (QED) is 0.857. The van der Waals surface area contributed by atoms with Gasteiger partial charge in [-0.25, -0.2) is 0 Å². The van der Waals surface area contributed by atoms with E-state index in [1.165, 1.54) is 6.42 Å². The lowest BCUT2D eigenvalue weighted by Gasteiger charge is -2.27. The summed E-state index contributed by atoms with van der Waals surface area (Å²) >= 11 is 0. The minimum atomic E-state index is 0.0998. The van der Waals surface area contributed by atoms with Crippen molar-refractivity contribution in [1.29, 1.82) is 0 Å². The Bertz CT molecular complexity index is 554. The number of Topliss-reactive ketones (excluding diaryl/α,β-unsaturated/α-hetero) is 1. The second kappa shape index (κ2) is 5.17. The second-order valence-corrected chi connectivity index (χ2v) is 5.56. The maximum absolute atomic E-state index is 12.3. The predicted molar refractivity (Wildman–Crippen MR) is 75.4 cm³/mol. The van der Waals surface area contributed by atoms with Crippen LogP contribution in [0, 0.1) is 5.92 Å². The zero-order valence-electron chi connectivity index (χ0n) is 11.2. The summed E-state index contributed by atoms with van der Waals surface area (Å²) in [6, 6.07) is 9.89. The van der Waals surface area contributed by atoms with E-state index in [1.807, 2.05) is 30.3 Å². The Labute approximate surface area is 113 Å². The molecule has 3 rings (SSSR count). The van der Waals surface area contributed by atoms with Gasteiger partial charge in [0.25, 0.3) is 0 Å². The molecule has 2 unspecified atom stereocenters. The molecular formula is C16H19NO2. The molecule has 19 heavy (non-hydrogen) atoms. The number of benzene rings is 1. The molecule has 1 fully saturated rings. The van der Waals surface area contributed by atoms with Gasteiger partial charge in [0.2, 0.25) is 0 Å². The topological polar surface area (TPSA) is 42.2 Å². The van der Waals surface area contributed by atoms with Gasteiger partial charge in [-0.3, -0.25) is 4.79 Å². The standard InChI is InChI=1S/C16H19NO2/c1-11-6-7-17-13(8-11)10-14(18)16-9-12-4-2-3-5-15(12)19-16/h2-5,9,11,13,17H,6-8,10H2,1H3. The van der Waals surface area contributed by atoms with Crippen molar-refractivity contribution in [2.24, 2.45) is 5.92 Å². The van der Waals surface area contributed by atoms with Crippen molar-refractivity contribution in [2.75, 3.05) is 6.54 Å². The molecule has 0 spiro atoms. The van der Waals surface area contributed by atoms with Gasteiger partial charge in [-0.15, -0.1) is 0 Å². The number of carbonyl (C=O) groups excluding carboxylic acids is 1. The molecule has 1 aromatic carbocycles. The summed E-state index contributed by atoms with van der Waals surface area (Å²) in [5.74, 6) is 1.29. The van der Waals surface area contributed by atoms with Crippen molar-refractivity contribution in [3.8, 4) is 0 Å². The van der Waals surface area contributed by atoms with Gasteiger partial charge >= 0.3 is 0 Å². The van der Waals surface area contributed by atoms with E-state index in [1.54, 1.807) is 0 Å². The van der Waals surface area contributed by atoms with E-state index in [0.717, 1.165) is 23.9 Å². The highest BCUT2D eigenvalue weighted by Crippen LogP contribution is 2.22. The first kappa shape index (κ1) is 12.4. The fourth-order valence-corrected chi connectivity index (χ4v) is 2.82. The minimum absolute atomic E-state index is 0.0998. The van der Waals surface area contributed by atoms with Gasteiger partial charge in [0.15, 0.2) is 11.5 Å². The third-order valence-corrected chi connectivity index (χ3v) is 3.89. The number of nitrogens with one attached hydrogen (secondary N) is 1. The van der Waals surface area contributed by atoms with E-state index < -0.39 is 0 Å². The van der Waals surface area contributed by atoms with E-state index >= 15 is 0 Å². The van der Waals surface area contributed by atoms with E-state index in [4.69, 9.17) is 4.42 Å². The first-order chi connectivity index (χ1) is 9.22. The molecule has 0 amide bonds. The van der Waals surface area contributed by atoms with Gasteiger partial charge in [-0.05, 0) is 37.4 Å². The molecule has 2 heterocycles. The van der Waals surface area contributed by atoms with Crippen molar-refractivity contribution in [2.45, 2.75) is 32.2 Å². The first-order valence-corrected chi connectivity index (χ1v) is 6.97. The number of ketones is 1. The highest BCUT2D eigenvalue weighted by atomic mass is 16.3. The lowest BCUT2D eigenvalue weighted by molar-refractivity contribution is 0.0934. The number of piperidine rings is 1. The van der Waals surface area contributed by atoms with E-state index in [9.17, 15) is 4.79 Å². The van der Waals surface area contributed by atoms with Gasteiger partial charge in [0.05, 0.1) is 0 Å². The van der Waals surface area contributed by atoms with Gasteiger partial charge in [-0.1, -0.05) is 25.1 Å². The van der Waals surface area contributed by atoms with Gasteiger partial charge in [0.1, 0.15) is 5.58 Å². The van der Waals surface area contributed by atoms with Crippen molar-refractivity contribution in [3.63, 3.8) is 0 Å². The van der Waals surface area contributed by atoms with Crippen molar-refractivity contribution in [1.82, 2.24) is 5.32 Å². The van der Waals surface area contributed by atoms with E-state index in [-0.39, 0.29) is 5.78 Å². The Morgan fingerprint density at radius 1 is 1.42 bits per heavy atom. The molecule has 2 aromatic rings.